The SMILES string of the molecule is Cc1cc(C)c(-c2cc(Cl)n(C)c(=O)c2)c(C)c1. The maximum Gasteiger partial charge on any atom is 0.252 e. The van der Waals surface area contributed by atoms with Gasteiger partial charge in [-0.3, -0.25) is 4.79 Å². The van der Waals surface area contributed by atoms with Crippen molar-refractivity contribution < 1.29 is 0 Å². The number of aromatic nitrogens is 1. The van der Waals surface area contributed by atoms with Gasteiger partial charge in [0.1, 0.15) is 5.15 Å². The number of nitrogens with zero attached hydrogens (tertiary/aromatic N) is 1. The third-order valence-corrected chi connectivity index (χ3v) is 3.53. The number of rotatable bonds is 1. The molecule has 1 aromatic heterocycles. The van der Waals surface area contributed by atoms with Crippen molar-refractivity contribution in [3.8, 4) is 11.1 Å². The number of halogens is 1. The Kier molecular flexibility index (Phi) is 3.31. The summed E-state index contributed by atoms with van der Waals surface area (Å²) in [5, 5.41) is 0.455. The molecule has 0 N–H and O–H groups in total. The Labute approximate surface area is 112 Å². The van der Waals surface area contributed by atoms with Crippen molar-refractivity contribution in [2.75, 3.05) is 0 Å². The lowest BCUT2D eigenvalue weighted by atomic mass is 9.94. The van der Waals surface area contributed by atoms with Crippen LogP contribution in [0.3, 0.4) is 0 Å². The molecule has 18 heavy (non-hydrogen) atoms. The molecule has 0 unspecified atom stereocenters. The highest BCUT2D eigenvalue weighted by atomic mass is 35.5. The lowest BCUT2D eigenvalue weighted by molar-refractivity contribution is 0.862. The summed E-state index contributed by atoms with van der Waals surface area (Å²) in [6, 6.07) is 7.71. The van der Waals surface area contributed by atoms with Crippen LogP contribution < -0.4 is 5.56 Å². The minimum absolute atomic E-state index is 0.0862. The zero-order chi connectivity index (χ0) is 13.4. The van der Waals surface area contributed by atoms with Gasteiger partial charge in [-0.05, 0) is 49.1 Å². The molecule has 0 fully saturated rings. The minimum Gasteiger partial charge on any atom is -0.302 e. The van der Waals surface area contributed by atoms with Crippen LogP contribution in [-0.4, -0.2) is 4.57 Å². The van der Waals surface area contributed by atoms with Crippen molar-refractivity contribution in [2.45, 2.75) is 20.8 Å². The lowest BCUT2D eigenvalue weighted by Gasteiger charge is -2.12. The topological polar surface area (TPSA) is 22.0 Å². The van der Waals surface area contributed by atoms with Crippen molar-refractivity contribution in [1.82, 2.24) is 4.57 Å². The molecule has 0 saturated heterocycles. The molecule has 2 aromatic rings. The van der Waals surface area contributed by atoms with Crippen LogP contribution in [0.15, 0.2) is 29.1 Å². The zero-order valence-electron chi connectivity index (χ0n) is 11.0. The van der Waals surface area contributed by atoms with Crippen LogP contribution in [0.25, 0.3) is 11.1 Å². The standard InChI is InChI=1S/C15H16ClNO/c1-9-5-10(2)15(11(3)6-9)12-7-13(16)17(4)14(18)8-12/h5-8H,1-4H3. The van der Waals surface area contributed by atoms with Gasteiger partial charge >= 0.3 is 0 Å². The van der Waals surface area contributed by atoms with E-state index in [9.17, 15) is 4.79 Å². The van der Waals surface area contributed by atoms with Crippen LogP contribution in [0.5, 0.6) is 0 Å². The maximum atomic E-state index is 11.8. The monoisotopic (exact) mass is 261 g/mol. The first-order chi connectivity index (χ1) is 8.40. The second kappa shape index (κ2) is 4.62. The molecular formula is C15H16ClNO. The molecule has 0 aliphatic rings. The van der Waals surface area contributed by atoms with E-state index in [1.807, 2.05) is 6.07 Å². The molecule has 1 aromatic carbocycles. The smallest absolute Gasteiger partial charge is 0.252 e. The Morgan fingerprint density at radius 1 is 1.00 bits per heavy atom. The number of hydrogen-bond donors (Lipinski definition) is 0. The van der Waals surface area contributed by atoms with E-state index >= 15 is 0 Å². The number of hydrogen-bond acceptors (Lipinski definition) is 1. The average Bonchev–Trinajstić information content (AvgIpc) is 2.24. The van der Waals surface area contributed by atoms with Crippen molar-refractivity contribution in [3.05, 3.63) is 56.5 Å². The van der Waals surface area contributed by atoms with Gasteiger partial charge in [-0.1, -0.05) is 29.3 Å². The molecule has 0 spiro atoms. The van der Waals surface area contributed by atoms with Gasteiger partial charge in [0.15, 0.2) is 0 Å². The number of pyridine rings is 1. The number of benzene rings is 1. The van der Waals surface area contributed by atoms with E-state index in [4.69, 9.17) is 11.6 Å². The predicted molar refractivity (Wildman–Crippen MR) is 76.3 cm³/mol. The minimum atomic E-state index is -0.0862. The van der Waals surface area contributed by atoms with Gasteiger partial charge in [0, 0.05) is 13.1 Å². The second-order valence-electron chi connectivity index (χ2n) is 4.74. The Balaban J connectivity index is 2.74. The Morgan fingerprint density at radius 2 is 1.56 bits per heavy atom. The molecule has 2 nitrogen and oxygen atoms in total. The van der Waals surface area contributed by atoms with E-state index in [1.165, 1.54) is 10.1 Å². The fourth-order valence-corrected chi connectivity index (χ4v) is 2.58. The fourth-order valence-electron chi connectivity index (χ4n) is 2.38. The summed E-state index contributed by atoms with van der Waals surface area (Å²) in [6.45, 7) is 6.18. The summed E-state index contributed by atoms with van der Waals surface area (Å²) in [5.74, 6) is 0. The molecule has 0 aliphatic carbocycles. The third-order valence-electron chi connectivity index (χ3n) is 3.17. The van der Waals surface area contributed by atoms with E-state index in [-0.39, 0.29) is 5.56 Å². The molecule has 0 amide bonds. The summed E-state index contributed by atoms with van der Waals surface area (Å²) >= 11 is 6.07. The van der Waals surface area contributed by atoms with Crippen molar-refractivity contribution in [2.24, 2.45) is 7.05 Å². The van der Waals surface area contributed by atoms with Gasteiger partial charge in [-0.15, -0.1) is 0 Å². The summed E-state index contributed by atoms with van der Waals surface area (Å²) in [7, 11) is 1.67. The summed E-state index contributed by atoms with van der Waals surface area (Å²) in [6.07, 6.45) is 0. The maximum absolute atomic E-state index is 11.8. The van der Waals surface area contributed by atoms with Gasteiger partial charge in [-0.2, -0.15) is 0 Å². The van der Waals surface area contributed by atoms with Crippen LogP contribution >= 0.6 is 11.6 Å². The van der Waals surface area contributed by atoms with Crippen LogP contribution in [0.4, 0.5) is 0 Å². The predicted octanol–water partition coefficient (Wildman–Crippen LogP) is 3.63. The van der Waals surface area contributed by atoms with E-state index in [0.717, 1.165) is 22.3 Å². The van der Waals surface area contributed by atoms with Crippen LogP contribution in [0.2, 0.25) is 5.15 Å². The summed E-state index contributed by atoms with van der Waals surface area (Å²) in [5.41, 5.74) is 5.45. The zero-order valence-corrected chi connectivity index (χ0v) is 11.8. The van der Waals surface area contributed by atoms with Crippen LogP contribution in [-0.2, 0) is 7.05 Å². The largest absolute Gasteiger partial charge is 0.302 e. The molecule has 1 heterocycles. The molecule has 3 heteroatoms. The Hall–Kier alpha value is -1.54. The van der Waals surface area contributed by atoms with E-state index in [1.54, 1.807) is 13.1 Å². The first-order valence-electron chi connectivity index (χ1n) is 5.85. The van der Waals surface area contributed by atoms with Crippen molar-refractivity contribution in [1.29, 1.82) is 0 Å². The van der Waals surface area contributed by atoms with E-state index < -0.39 is 0 Å². The third kappa shape index (κ3) is 2.21. The fraction of sp³-hybridized carbons (Fsp3) is 0.267. The molecule has 0 atom stereocenters. The molecule has 94 valence electrons. The van der Waals surface area contributed by atoms with Crippen LogP contribution in [0.1, 0.15) is 16.7 Å². The molecule has 0 radical (unpaired) electrons. The molecule has 0 bridgehead atoms. The highest BCUT2D eigenvalue weighted by Crippen LogP contribution is 2.28. The number of aryl methyl sites for hydroxylation is 3. The normalized spacial score (nSPS) is 10.7. The highest BCUT2D eigenvalue weighted by Gasteiger charge is 2.09. The highest BCUT2D eigenvalue weighted by molar-refractivity contribution is 6.29. The van der Waals surface area contributed by atoms with Gasteiger partial charge in [0.25, 0.3) is 5.56 Å². The van der Waals surface area contributed by atoms with Crippen molar-refractivity contribution >= 4 is 11.6 Å². The molecule has 0 saturated carbocycles. The van der Waals surface area contributed by atoms with Gasteiger partial charge in [0.05, 0.1) is 0 Å². The average molecular weight is 262 g/mol. The van der Waals surface area contributed by atoms with E-state index in [2.05, 4.69) is 32.9 Å². The Morgan fingerprint density at radius 3 is 2.06 bits per heavy atom. The van der Waals surface area contributed by atoms with Gasteiger partial charge < -0.3 is 4.57 Å². The Bertz CT molecular complexity index is 648. The first kappa shape index (κ1) is 12.9. The second-order valence-corrected chi connectivity index (χ2v) is 5.12. The lowest BCUT2D eigenvalue weighted by Crippen LogP contribution is -2.16. The summed E-state index contributed by atoms with van der Waals surface area (Å²) < 4.78 is 1.43. The molecule has 2 rings (SSSR count). The molecule has 0 aliphatic heterocycles. The summed E-state index contributed by atoms with van der Waals surface area (Å²) in [4.78, 5) is 11.8. The first-order valence-corrected chi connectivity index (χ1v) is 6.22. The van der Waals surface area contributed by atoms with Crippen molar-refractivity contribution in [3.63, 3.8) is 0 Å². The molecular weight excluding hydrogens is 246 g/mol. The van der Waals surface area contributed by atoms with Gasteiger partial charge in [0.2, 0.25) is 0 Å². The quantitative estimate of drug-likeness (QED) is 0.719. The van der Waals surface area contributed by atoms with Crippen LogP contribution in [0, 0.1) is 20.8 Å². The van der Waals surface area contributed by atoms with E-state index in [0.29, 0.717) is 5.15 Å². The van der Waals surface area contributed by atoms with Gasteiger partial charge in [-0.25, -0.2) is 0 Å².